The van der Waals surface area contributed by atoms with Crippen molar-refractivity contribution in [2.24, 2.45) is 0 Å². The molecule has 4 nitrogen and oxygen atoms in total. The number of hydrogen-bond donors (Lipinski definition) is 1. The molecule has 1 heterocycles. The summed E-state index contributed by atoms with van der Waals surface area (Å²) in [4.78, 5) is 2.25. The van der Waals surface area contributed by atoms with Crippen LogP contribution < -0.4 is 5.32 Å². The van der Waals surface area contributed by atoms with E-state index >= 15 is 0 Å². The average Bonchev–Trinajstić information content (AvgIpc) is 2.45. The quantitative estimate of drug-likeness (QED) is 0.868. The second kappa shape index (κ2) is 7.58. The van der Waals surface area contributed by atoms with Gasteiger partial charge in [0.2, 0.25) is 0 Å². The van der Waals surface area contributed by atoms with Crippen LogP contribution in [-0.4, -0.2) is 51.0 Å². The zero-order valence-corrected chi connectivity index (χ0v) is 14.0. The van der Waals surface area contributed by atoms with Crippen molar-refractivity contribution in [1.82, 2.24) is 10.2 Å². The molecule has 6 heteroatoms. The van der Waals surface area contributed by atoms with Crippen molar-refractivity contribution in [3.05, 3.63) is 34.9 Å². The minimum absolute atomic E-state index is 0.189. The third kappa shape index (κ3) is 4.95. The van der Waals surface area contributed by atoms with E-state index in [0.29, 0.717) is 13.0 Å². The molecule has 1 fully saturated rings. The molecule has 21 heavy (non-hydrogen) atoms. The summed E-state index contributed by atoms with van der Waals surface area (Å²) in [6.45, 7) is 5.07. The molecule has 0 spiro atoms. The maximum atomic E-state index is 11.9. The first kappa shape index (κ1) is 16.7. The van der Waals surface area contributed by atoms with Gasteiger partial charge in [-0.3, -0.25) is 4.90 Å². The van der Waals surface area contributed by atoms with E-state index < -0.39 is 9.84 Å². The number of sulfone groups is 1. The van der Waals surface area contributed by atoms with Gasteiger partial charge < -0.3 is 5.32 Å². The van der Waals surface area contributed by atoms with E-state index in [9.17, 15) is 8.42 Å². The lowest BCUT2D eigenvalue weighted by Gasteiger charge is -2.36. The Hall–Kier alpha value is -0.620. The monoisotopic (exact) mass is 330 g/mol. The van der Waals surface area contributed by atoms with Gasteiger partial charge in [-0.2, -0.15) is 0 Å². The Labute approximate surface area is 132 Å². The molecular weight excluding hydrogens is 308 g/mol. The molecule has 1 aromatic carbocycles. The Morgan fingerprint density at radius 1 is 1.38 bits per heavy atom. The van der Waals surface area contributed by atoms with Crippen molar-refractivity contribution in [2.75, 3.05) is 37.7 Å². The predicted octanol–water partition coefficient (Wildman–Crippen LogP) is 2.11. The van der Waals surface area contributed by atoms with Gasteiger partial charge >= 0.3 is 0 Å². The molecule has 0 aromatic heterocycles. The van der Waals surface area contributed by atoms with Crippen LogP contribution >= 0.6 is 11.6 Å². The van der Waals surface area contributed by atoms with Crippen molar-refractivity contribution in [2.45, 2.75) is 19.4 Å². The second-order valence-electron chi connectivity index (χ2n) is 5.46. The van der Waals surface area contributed by atoms with Gasteiger partial charge in [0, 0.05) is 43.0 Å². The van der Waals surface area contributed by atoms with E-state index in [1.165, 1.54) is 0 Å². The molecule has 1 aliphatic rings. The molecule has 1 N–H and O–H groups in total. The first-order chi connectivity index (χ1) is 10.0. The molecule has 2 rings (SSSR count). The number of hydrogen-bond acceptors (Lipinski definition) is 4. The molecule has 1 aliphatic heterocycles. The zero-order valence-electron chi connectivity index (χ0n) is 12.4. The maximum absolute atomic E-state index is 11.9. The van der Waals surface area contributed by atoms with E-state index in [1.807, 2.05) is 25.1 Å². The second-order valence-corrected chi connectivity index (χ2v) is 8.20. The third-order valence-electron chi connectivity index (χ3n) is 3.79. The molecule has 0 bridgehead atoms. The van der Waals surface area contributed by atoms with Crippen LogP contribution in [0.5, 0.6) is 0 Å². The number of benzene rings is 1. The molecule has 1 aromatic rings. The first-order valence-corrected chi connectivity index (χ1v) is 9.62. The lowest BCUT2D eigenvalue weighted by Crippen LogP contribution is -2.47. The highest BCUT2D eigenvalue weighted by atomic mass is 35.5. The van der Waals surface area contributed by atoms with Crippen molar-refractivity contribution >= 4 is 21.4 Å². The Kier molecular flexibility index (Phi) is 6.05. The fourth-order valence-electron chi connectivity index (χ4n) is 2.73. The third-order valence-corrected chi connectivity index (χ3v) is 5.86. The van der Waals surface area contributed by atoms with Gasteiger partial charge in [0.25, 0.3) is 0 Å². The van der Waals surface area contributed by atoms with Crippen LogP contribution in [0, 0.1) is 0 Å². The van der Waals surface area contributed by atoms with E-state index in [-0.39, 0.29) is 17.5 Å². The van der Waals surface area contributed by atoms with Gasteiger partial charge in [-0.1, -0.05) is 30.7 Å². The molecule has 1 atom stereocenters. The van der Waals surface area contributed by atoms with Crippen LogP contribution in [0.4, 0.5) is 0 Å². The van der Waals surface area contributed by atoms with Crippen molar-refractivity contribution in [3.63, 3.8) is 0 Å². The number of halogens is 1. The summed E-state index contributed by atoms with van der Waals surface area (Å²) >= 11 is 6.07. The van der Waals surface area contributed by atoms with E-state index in [1.54, 1.807) is 0 Å². The molecule has 118 valence electrons. The summed E-state index contributed by atoms with van der Waals surface area (Å²) in [6.07, 6.45) is 0.682. The van der Waals surface area contributed by atoms with Crippen LogP contribution in [0.15, 0.2) is 24.3 Å². The molecule has 0 radical (unpaired) electrons. The zero-order chi connectivity index (χ0) is 15.3. The standard InChI is InChI=1S/C15H23ClN2O2S/c1-2-9-21(19,20)10-8-18-7-6-17-12-15(18)13-4-3-5-14(16)11-13/h3-5,11,15,17H,2,6-10,12H2,1H3. The van der Waals surface area contributed by atoms with Crippen LogP contribution in [-0.2, 0) is 9.84 Å². The molecule has 0 amide bonds. The Morgan fingerprint density at radius 2 is 2.19 bits per heavy atom. The van der Waals surface area contributed by atoms with Crippen LogP contribution in [0.3, 0.4) is 0 Å². The highest BCUT2D eigenvalue weighted by Crippen LogP contribution is 2.24. The van der Waals surface area contributed by atoms with Gasteiger partial charge in [-0.15, -0.1) is 0 Å². The molecule has 0 saturated carbocycles. The van der Waals surface area contributed by atoms with E-state index in [2.05, 4.69) is 16.3 Å². The summed E-state index contributed by atoms with van der Waals surface area (Å²) in [5.74, 6) is 0.513. The highest BCUT2D eigenvalue weighted by Gasteiger charge is 2.25. The SMILES string of the molecule is CCCS(=O)(=O)CCN1CCNCC1c1cccc(Cl)c1. The Morgan fingerprint density at radius 3 is 2.90 bits per heavy atom. The van der Waals surface area contributed by atoms with Gasteiger partial charge in [0.1, 0.15) is 0 Å². The Bertz CT molecular complexity index is 563. The van der Waals surface area contributed by atoms with E-state index in [4.69, 9.17) is 11.6 Å². The molecule has 1 unspecified atom stereocenters. The van der Waals surface area contributed by atoms with Gasteiger partial charge in [-0.05, 0) is 24.1 Å². The van der Waals surface area contributed by atoms with Crippen molar-refractivity contribution < 1.29 is 8.42 Å². The van der Waals surface area contributed by atoms with Gasteiger partial charge in [0.05, 0.1) is 5.75 Å². The smallest absolute Gasteiger partial charge is 0.151 e. The summed E-state index contributed by atoms with van der Waals surface area (Å²) in [5.41, 5.74) is 1.14. The maximum Gasteiger partial charge on any atom is 0.151 e. The minimum Gasteiger partial charge on any atom is -0.314 e. The molecular formula is C15H23ClN2O2S. The average molecular weight is 331 g/mol. The first-order valence-electron chi connectivity index (χ1n) is 7.42. The Balaban J connectivity index is 2.06. The number of piperazine rings is 1. The van der Waals surface area contributed by atoms with Crippen molar-refractivity contribution in [3.8, 4) is 0 Å². The molecule has 0 aliphatic carbocycles. The summed E-state index contributed by atoms with van der Waals surface area (Å²) in [7, 11) is -2.93. The number of rotatable bonds is 6. The lowest BCUT2D eigenvalue weighted by atomic mass is 10.0. The minimum atomic E-state index is -2.93. The van der Waals surface area contributed by atoms with Crippen molar-refractivity contribution in [1.29, 1.82) is 0 Å². The van der Waals surface area contributed by atoms with Gasteiger partial charge in [0.15, 0.2) is 9.84 Å². The largest absolute Gasteiger partial charge is 0.314 e. The van der Waals surface area contributed by atoms with Crippen LogP contribution in [0.25, 0.3) is 0 Å². The highest BCUT2D eigenvalue weighted by molar-refractivity contribution is 7.91. The summed E-state index contributed by atoms with van der Waals surface area (Å²) < 4.78 is 23.8. The fraction of sp³-hybridized carbons (Fsp3) is 0.600. The van der Waals surface area contributed by atoms with E-state index in [0.717, 1.165) is 30.2 Å². The summed E-state index contributed by atoms with van der Waals surface area (Å²) in [5, 5.41) is 4.09. The normalized spacial score (nSPS) is 20.6. The number of nitrogens with zero attached hydrogens (tertiary/aromatic N) is 1. The number of nitrogens with one attached hydrogen (secondary N) is 1. The van der Waals surface area contributed by atoms with Gasteiger partial charge in [-0.25, -0.2) is 8.42 Å². The predicted molar refractivity (Wildman–Crippen MR) is 87.6 cm³/mol. The fourth-order valence-corrected chi connectivity index (χ4v) is 4.26. The summed E-state index contributed by atoms with van der Waals surface area (Å²) in [6, 6.07) is 8.01. The van der Waals surface area contributed by atoms with Crippen LogP contribution in [0.2, 0.25) is 5.02 Å². The topological polar surface area (TPSA) is 49.4 Å². The molecule has 1 saturated heterocycles. The van der Waals surface area contributed by atoms with Crippen LogP contribution in [0.1, 0.15) is 24.9 Å². The lowest BCUT2D eigenvalue weighted by molar-refractivity contribution is 0.172.